The largest absolute Gasteiger partial charge is 0.328 e. The van der Waals surface area contributed by atoms with E-state index < -0.39 is 8.60 Å². The molecule has 0 radical (unpaired) electrons. The molecular weight excluding hydrogens is 631 g/mol. The second-order valence-corrected chi connectivity index (χ2v) is 20.4. The molecule has 0 aliphatic carbocycles. The molecule has 0 fully saturated rings. The highest BCUT2D eigenvalue weighted by Crippen LogP contribution is 2.47. The molecule has 2 rings (SSSR count). The molecule has 286 valence electrons. The highest BCUT2D eigenvalue weighted by molar-refractivity contribution is 7.39. The van der Waals surface area contributed by atoms with Crippen LogP contribution in [0, 0.1) is 0 Å². The minimum Gasteiger partial charge on any atom is -0.328 e. The van der Waals surface area contributed by atoms with E-state index in [2.05, 4.69) is 126 Å². The zero-order valence-electron chi connectivity index (χ0n) is 35.0. The first-order chi connectivity index (χ1) is 23.1. The summed E-state index contributed by atoms with van der Waals surface area (Å²) in [5.41, 5.74) is 9.14. The molecule has 0 spiro atoms. The highest BCUT2D eigenvalue weighted by atomic mass is 31.2. The van der Waals surface area contributed by atoms with Gasteiger partial charge in [-0.1, -0.05) is 210 Å². The second kappa shape index (κ2) is 19.7. The number of rotatable bonds is 20. The minimum atomic E-state index is -2.18. The predicted octanol–water partition coefficient (Wildman–Crippen LogP) is 14.3. The van der Waals surface area contributed by atoms with Gasteiger partial charge in [-0.25, -0.2) is 0 Å². The molecule has 0 saturated heterocycles. The summed E-state index contributed by atoms with van der Waals surface area (Å²) in [6.07, 6.45) is 19.0. The number of hydrogen-bond donors (Lipinski definition) is 2. The third-order valence-corrected chi connectivity index (χ3v) is 11.3. The van der Waals surface area contributed by atoms with Gasteiger partial charge in [-0.3, -0.25) is 0 Å². The van der Waals surface area contributed by atoms with Gasteiger partial charge in [-0.2, -0.15) is 0 Å². The maximum Gasteiger partial charge on any atom is 0.327 e. The van der Waals surface area contributed by atoms with Gasteiger partial charge in [0.05, 0.1) is 6.61 Å². The van der Waals surface area contributed by atoms with E-state index >= 15 is 0 Å². The lowest BCUT2D eigenvalue weighted by Gasteiger charge is -2.41. The molecule has 0 bridgehead atoms. The van der Waals surface area contributed by atoms with Crippen molar-refractivity contribution >= 4 is 8.60 Å². The summed E-state index contributed by atoms with van der Waals surface area (Å²) in [5, 5.41) is 0. The molecule has 0 heterocycles. The molecule has 0 aliphatic rings. The monoisotopic (exact) mass is 711 g/mol. The first-order valence-electron chi connectivity index (χ1n) is 20.2. The van der Waals surface area contributed by atoms with Crippen LogP contribution in [0.5, 0.6) is 0 Å². The predicted molar refractivity (Wildman–Crippen MR) is 221 cm³/mol. The second-order valence-electron chi connectivity index (χ2n) is 19.6. The SMILES string of the molecule is CC(C)(C)c1ccc(C(C)(CCCCCCCCCCCCCCCCOP(O)O)c2ccc(C(C)(C)C)cc2C(C)(C)C)c(C(C)(C)C)c1. The van der Waals surface area contributed by atoms with Crippen molar-refractivity contribution < 1.29 is 14.3 Å². The Bertz CT molecular complexity index is 1190. The van der Waals surface area contributed by atoms with Crippen LogP contribution in [0.3, 0.4) is 0 Å². The molecule has 3 nitrogen and oxygen atoms in total. The van der Waals surface area contributed by atoms with Crippen LogP contribution in [0.15, 0.2) is 36.4 Å². The van der Waals surface area contributed by atoms with Crippen LogP contribution in [0.25, 0.3) is 0 Å². The summed E-state index contributed by atoms with van der Waals surface area (Å²) < 4.78 is 4.84. The van der Waals surface area contributed by atoms with Gasteiger partial charge in [0.2, 0.25) is 0 Å². The summed E-state index contributed by atoms with van der Waals surface area (Å²) >= 11 is 0. The normalized spacial score (nSPS) is 13.4. The van der Waals surface area contributed by atoms with Gasteiger partial charge < -0.3 is 14.3 Å². The topological polar surface area (TPSA) is 49.7 Å². The van der Waals surface area contributed by atoms with E-state index in [1.165, 1.54) is 117 Å². The molecule has 2 aromatic rings. The summed E-state index contributed by atoms with van der Waals surface area (Å²) in [6, 6.07) is 14.9. The molecule has 0 saturated carbocycles. The van der Waals surface area contributed by atoms with E-state index in [0.717, 1.165) is 12.8 Å². The Morgan fingerprint density at radius 1 is 0.420 bits per heavy atom. The Morgan fingerprint density at radius 3 is 1.04 bits per heavy atom. The van der Waals surface area contributed by atoms with Crippen molar-refractivity contribution in [3.05, 3.63) is 69.8 Å². The molecule has 0 amide bonds. The van der Waals surface area contributed by atoms with Crippen LogP contribution >= 0.6 is 8.60 Å². The molecule has 50 heavy (non-hydrogen) atoms. The lowest BCUT2D eigenvalue weighted by Crippen LogP contribution is -2.33. The van der Waals surface area contributed by atoms with Crippen molar-refractivity contribution in [3.63, 3.8) is 0 Å². The molecule has 0 aliphatic heterocycles. The van der Waals surface area contributed by atoms with Crippen molar-refractivity contribution in [2.24, 2.45) is 0 Å². The van der Waals surface area contributed by atoms with Gasteiger partial charge in [0.25, 0.3) is 0 Å². The fourth-order valence-electron chi connectivity index (χ4n) is 7.49. The van der Waals surface area contributed by atoms with Gasteiger partial charge in [-0.05, 0) is 67.9 Å². The molecule has 2 aromatic carbocycles. The molecule has 2 N–H and O–H groups in total. The average molecular weight is 711 g/mol. The van der Waals surface area contributed by atoms with Crippen LogP contribution in [-0.2, 0) is 31.6 Å². The van der Waals surface area contributed by atoms with E-state index in [0.29, 0.717) is 6.61 Å². The molecule has 0 unspecified atom stereocenters. The fraction of sp³-hybridized carbons (Fsp3) is 0.739. The summed E-state index contributed by atoms with van der Waals surface area (Å²) in [4.78, 5) is 17.6. The van der Waals surface area contributed by atoms with Crippen molar-refractivity contribution in [2.75, 3.05) is 6.61 Å². The van der Waals surface area contributed by atoms with Gasteiger partial charge >= 0.3 is 8.60 Å². The quantitative estimate of drug-likeness (QED) is 0.106. The maximum atomic E-state index is 8.79. The number of hydrogen-bond acceptors (Lipinski definition) is 3. The van der Waals surface area contributed by atoms with Crippen LogP contribution < -0.4 is 0 Å². The third kappa shape index (κ3) is 14.6. The third-order valence-electron chi connectivity index (χ3n) is 10.9. The first kappa shape index (κ1) is 44.9. The van der Waals surface area contributed by atoms with Gasteiger partial charge in [0.1, 0.15) is 0 Å². The lowest BCUT2D eigenvalue weighted by molar-refractivity contribution is 0.248. The molecule has 0 atom stereocenters. The zero-order chi connectivity index (χ0) is 37.8. The standard InChI is InChI=1S/C46H79O3P/c1-42(2,3)36-28-30-38(40(34-36)44(7,8)9)46(13,39-31-29-37(43(4,5)6)35-41(39)45(10,11)12)32-26-24-22-20-18-16-14-15-17-19-21-23-25-27-33-49-50(47)48/h28-31,34-35,47-48H,14-27,32-33H2,1-13H3. The van der Waals surface area contributed by atoms with Crippen LogP contribution in [0.1, 0.15) is 220 Å². The Hall–Kier alpha value is -1.25. The lowest BCUT2D eigenvalue weighted by atomic mass is 9.63. The molecular formula is C46H79O3P. The van der Waals surface area contributed by atoms with Crippen molar-refractivity contribution in [2.45, 2.75) is 213 Å². The smallest absolute Gasteiger partial charge is 0.327 e. The summed E-state index contributed by atoms with van der Waals surface area (Å²) in [6.45, 7) is 31.5. The van der Waals surface area contributed by atoms with E-state index in [-0.39, 0.29) is 27.1 Å². The van der Waals surface area contributed by atoms with Crippen LogP contribution in [0.2, 0.25) is 0 Å². The van der Waals surface area contributed by atoms with Gasteiger partial charge in [-0.15, -0.1) is 0 Å². The van der Waals surface area contributed by atoms with E-state index in [1.807, 2.05) is 0 Å². The number of benzene rings is 2. The van der Waals surface area contributed by atoms with E-state index in [1.54, 1.807) is 0 Å². The van der Waals surface area contributed by atoms with Gasteiger partial charge in [0.15, 0.2) is 0 Å². The van der Waals surface area contributed by atoms with Gasteiger partial charge in [0, 0.05) is 5.41 Å². The molecule has 4 heteroatoms. The Labute approximate surface area is 311 Å². The van der Waals surface area contributed by atoms with E-state index in [9.17, 15) is 0 Å². The van der Waals surface area contributed by atoms with Crippen molar-refractivity contribution in [3.8, 4) is 0 Å². The average Bonchev–Trinajstić information content (AvgIpc) is 3.00. The maximum absolute atomic E-state index is 8.79. The van der Waals surface area contributed by atoms with E-state index in [4.69, 9.17) is 14.3 Å². The Morgan fingerprint density at radius 2 is 0.740 bits per heavy atom. The van der Waals surface area contributed by atoms with Crippen molar-refractivity contribution in [1.29, 1.82) is 0 Å². The summed E-state index contributed by atoms with van der Waals surface area (Å²) in [5.74, 6) is 0. The van der Waals surface area contributed by atoms with Crippen LogP contribution in [-0.4, -0.2) is 16.4 Å². The highest BCUT2D eigenvalue weighted by Gasteiger charge is 2.38. The van der Waals surface area contributed by atoms with Crippen molar-refractivity contribution in [1.82, 2.24) is 0 Å². The fourth-order valence-corrected chi connectivity index (χ4v) is 7.78. The summed E-state index contributed by atoms with van der Waals surface area (Å²) in [7, 11) is -2.18. The first-order valence-corrected chi connectivity index (χ1v) is 21.4. The zero-order valence-corrected chi connectivity index (χ0v) is 35.9. The Kier molecular flexibility index (Phi) is 17.7. The molecule has 0 aromatic heterocycles. The minimum absolute atomic E-state index is 0.0486. The number of unbranched alkanes of at least 4 members (excludes halogenated alkanes) is 13. The van der Waals surface area contributed by atoms with Crippen LogP contribution in [0.4, 0.5) is 0 Å². The Balaban J connectivity index is 2.12.